The van der Waals surface area contributed by atoms with Crippen LogP contribution in [0.15, 0.2) is 11.2 Å². The van der Waals surface area contributed by atoms with Gasteiger partial charge in [-0.1, -0.05) is 24.6 Å². The molecule has 1 spiro atoms. The smallest absolute Gasteiger partial charge is 0.191 e. The standard InChI is InChI=1S/C13H20N4OS/c14-10-7-11(15)17-12(16-10)19-9-3-6-18-13(8-9)4-1-2-5-13/h7,9H,1-6,8H2,(H4,14,15,16,17). The summed E-state index contributed by atoms with van der Waals surface area (Å²) in [5, 5.41) is 1.20. The Morgan fingerprint density at radius 1 is 1.21 bits per heavy atom. The van der Waals surface area contributed by atoms with E-state index in [1.165, 1.54) is 25.7 Å². The van der Waals surface area contributed by atoms with Crippen LogP contribution in [0, 0.1) is 0 Å². The van der Waals surface area contributed by atoms with Gasteiger partial charge in [0.25, 0.3) is 0 Å². The van der Waals surface area contributed by atoms with E-state index in [-0.39, 0.29) is 5.60 Å². The molecule has 2 fully saturated rings. The molecule has 2 heterocycles. The van der Waals surface area contributed by atoms with Gasteiger partial charge < -0.3 is 16.2 Å². The Labute approximate surface area is 117 Å². The van der Waals surface area contributed by atoms with Crippen LogP contribution in [0.4, 0.5) is 11.6 Å². The van der Waals surface area contributed by atoms with E-state index >= 15 is 0 Å². The molecule has 19 heavy (non-hydrogen) atoms. The van der Waals surface area contributed by atoms with E-state index in [1.807, 2.05) is 0 Å². The molecule has 3 rings (SSSR count). The number of nitrogen functional groups attached to an aromatic ring is 2. The number of ether oxygens (including phenoxy) is 1. The molecule has 1 aromatic rings. The lowest BCUT2D eigenvalue weighted by Gasteiger charge is -2.37. The maximum Gasteiger partial charge on any atom is 0.191 e. The highest BCUT2D eigenvalue weighted by Crippen LogP contribution is 2.44. The lowest BCUT2D eigenvalue weighted by molar-refractivity contribution is -0.0704. The van der Waals surface area contributed by atoms with Gasteiger partial charge in [0, 0.05) is 17.9 Å². The highest BCUT2D eigenvalue weighted by Gasteiger charge is 2.40. The highest BCUT2D eigenvalue weighted by atomic mass is 32.2. The highest BCUT2D eigenvalue weighted by molar-refractivity contribution is 7.99. The van der Waals surface area contributed by atoms with Crippen molar-refractivity contribution >= 4 is 23.4 Å². The van der Waals surface area contributed by atoms with Crippen molar-refractivity contribution in [3.05, 3.63) is 6.07 Å². The van der Waals surface area contributed by atoms with E-state index in [9.17, 15) is 0 Å². The maximum atomic E-state index is 6.04. The average Bonchev–Trinajstić information content (AvgIpc) is 2.76. The van der Waals surface area contributed by atoms with Gasteiger partial charge in [0.15, 0.2) is 5.16 Å². The number of nitrogens with two attached hydrogens (primary N) is 2. The number of rotatable bonds is 2. The number of aromatic nitrogens is 2. The van der Waals surface area contributed by atoms with Crippen molar-refractivity contribution in [1.29, 1.82) is 0 Å². The van der Waals surface area contributed by atoms with Crippen molar-refractivity contribution in [2.75, 3.05) is 18.1 Å². The average molecular weight is 280 g/mol. The molecule has 1 saturated carbocycles. The van der Waals surface area contributed by atoms with Crippen molar-refractivity contribution in [1.82, 2.24) is 9.97 Å². The molecule has 4 N–H and O–H groups in total. The zero-order chi connectivity index (χ0) is 13.3. The molecule has 5 nitrogen and oxygen atoms in total. The molecule has 1 unspecified atom stereocenters. The number of nitrogens with zero attached hydrogens (tertiary/aromatic N) is 2. The molecule has 1 atom stereocenters. The predicted molar refractivity (Wildman–Crippen MR) is 76.9 cm³/mol. The molecular formula is C13H20N4OS. The molecule has 6 heteroatoms. The minimum atomic E-state index is 0.127. The molecule has 2 aliphatic rings. The third-order valence-electron chi connectivity index (χ3n) is 3.98. The summed E-state index contributed by atoms with van der Waals surface area (Å²) >= 11 is 1.69. The largest absolute Gasteiger partial charge is 0.383 e. The molecule has 1 aliphatic heterocycles. The van der Waals surface area contributed by atoms with Crippen LogP contribution in [0.25, 0.3) is 0 Å². The van der Waals surface area contributed by atoms with Crippen molar-refractivity contribution in [3.8, 4) is 0 Å². The van der Waals surface area contributed by atoms with Crippen LogP contribution >= 0.6 is 11.8 Å². The Bertz CT molecular complexity index is 442. The fourth-order valence-electron chi connectivity index (χ4n) is 3.11. The number of anilines is 2. The van der Waals surface area contributed by atoms with Crippen LogP contribution in [-0.4, -0.2) is 27.4 Å². The van der Waals surface area contributed by atoms with Crippen molar-refractivity contribution in [3.63, 3.8) is 0 Å². The van der Waals surface area contributed by atoms with E-state index in [4.69, 9.17) is 16.2 Å². The quantitative estimate of drug-likeness (QED) is 0.808. The number of hydrogen-bond donors (Lipinski definition) is 2. The van der Waals surface area contributed by atoms with Gasteiger partial charge in [0.2, 0.25) is 0 Å². The summed E-state index contributed by atoms with van der Waals surface area (Å²) in [6.45, 7) is 0.843. The summed E-state index contributed by atoms with van der Waals surface area (Å²) in [5.41, 5.74) is 11.5. The molecule has 0 amide bonds. The van der Waals surface area contributed by atoms with Gasteiger partial charge in [-0.15, -0.1) is 0 Å². The minimum Gasteiger partial charge on any atom is -0.383 e. The Morgan fingerprint density at radius 3 is 2.58 bits per heavy atom. The molecular weight excluding hydrogens is 260 g/mol. The normalized spacial score (nSPS) is 25.8. The minimum absolute atomic E-state index is 0.127. The summed E-state index contributed by atoms with van der Waals surface area (Å²) in [7, 11) is 0. The third-order valence-corrected chi connectivity index (χ3v) is 5.11. The van der Waals surface area contributed by atoms with E-state index in [0.717, 1.165) is 19.4 Å². The van der Waals surface area contributed by atoms with Crippen molar-refractivity contribution < 1.29 is 4.74 Å². The molecule has 1 saturated heterocycles. The van der Waals surface area contributed by atoms with Gasteiger partial charge in [0.05, 0.1) is 5.60 Å². The van der Waals surface area contributed by atoms with E-state index in [2.05, 4.69) is 9.97 Å². The van der Waals surface area contributed by atoms with Crippen molar-refractivity contribution in [2.24, 2.45) is 0 Å². The van der Waals surface area contributed by atoms with Crippen molar-refractivity contribution in [2.45, 2.75) is 54.5 Å². The molecule has 104 valence electrons. The van der Waals surface area contributed by atoms with Gasteiger partial charge >= 0.3 is 0 Å². The fourth-order valence-corrected chi connectivity index (χ4v) is 4.33. The summed E-state index contributed by atoms with van der Waals surface area (Å²) < 4.78 is 6.04. The second-order valence-corrected chi connectivity index (χ2v) is 6.74. The summed E-state index contributed by atoms with van der Waals surface area (Å²) in [6, 6.07) is 1.59. The van der Waals surface area contributed by atoms with E-state index < -0.39 is 0 Å². The first kappa shape index (κ1) is 13.0. The van der Waals surface area contributed by atoms with Crippen LogP contribution in [-0.2, 0) is 4.74 Å². The topological polar surface area (TPSA) is 87.1 Å². The SMILES string of the molecule is Nc1cc(N)nc(SC2CCOC3(CCCC3)C2)n1. The second-order valence-electron chi connectivity index (χ2n) is 5.47. The zero-order valence-electron chi connectivity index (χ0n) is 11.0. The van der Waals surface area contributed by atoms with Gasteiger partial charge in [-0.3, -0.25) is 0 Å². The Balaban J connectivity index is 1.69. The maximum absolute atomic E-state index is 6.04. The summed E-state index contributed by atoms with van der Waals surface area (Å²) in [6.07, 6.45) is 7.12. The van der Waals surface area contributed by atoms with E-state index in [0.29, 0.717) is 22.0 Å². The lowest BCUT2D eigenvalue weighted by Crippen LogP contribution is -2.38. The first-order chi connectivity index (χ1) is 9.15. The monoisotopic (exact) mass is 280 g/mol. The Hall–Kier alpha value is -1.01. The Kier molecular flexibility index (Phi) is 3.54. The number of thioether (sulfide) groups is 1. The first-order valence-corrected chi connectivity index (χ1v) is 7.74. The van der Waals surface area contributed by atoms with Crippen LogP contribution in [0.5, 0.6) is 0 Å². The summed E-state index contributed by atoms with van der Waals surface area (Å²) in [5.74, 6) is 0.885. The lowest BCUT2D eigenvalue weighted by atomic mass is 9.92. The van der Waals surface area contributed by atoms with Crippen LogP contribution < -0.4 is 11.5 Å². The van der Waals surface area contributed by atoms with Gasteiger partial charge in [-0.2, -0.15) is 0 Å². The van der Waals surface area contributed by atoms with Gasteiger partial charge in [0.1, 0.15) is 11.6 Å². The Morgan fingerprint density at radius 2 is 1.89 bits per heavy atom. The third kappa shape index (κ3) is 2.95. The van der Waals surface area contributed by atoms with Crippen LogP contribution in [0.3, 0.4) is 0 Å². The molecule has 1 aliphatic carbocycles. The second kappa shape index (κ2) is 5.17. The molecule has 0 radical (unpaired) electrons. The zero-order valence-corrected chi connectivity index (χ0v) is 11.8. The van der Waals surface area contributed by atoms with Crippen LogP contribution in [0.1, 0.15) is 38.5 Å². The summed E-state index contributed by atoms with van der Waals surface area (Å²) in [4.78, 5) is 8.50. The first-order valence-electron chi connectivity index (χ1n) is 6.86. The predicted octanol–water partition coefficient (Wildman–Crippen LogP) is 2.22. The van der Waals surface area contributed by atoms with Crippen LogP contribution in [0.2, 0.25) is 0 Å². The fraction of sp³-hybridized carbons (Fsp3) is 0.692. The molecule has 1 aromatic heterocycles. The van der Waals surface area contributed by atoms with Gasteiger partial charge in [-0.05, 0) is 25.7 Å². The molecule has 0 aromatic carbocycles. The number of hydrogen-bond acceptors (Lipinski definition) is 6. The van der Waals surface area contributed by atoms with E-state index in [1.54, 1.807) is 17.8 Å². The van der Waals surface area contributed by atoms with Gasteiger partial charge in [-0.25, -0.2) is 9.97 Å². The molecule has 0 bridgehead atoms.